The van der Waals surface area contributed by atoms with Crippen LogP contribution in [-0.2, 0) is 24.4 Å². The van der Waals surface area contributed by atoms with E-state index in [0.29, 0.717) is 6.54 Å². The standard InChI is InChI=1S/C18H21N3O/c1-12-2-5-14(6-3-12)17(19)18(22)21-9-13-4-7-15-10-20-11-16(15)8-13/h2-8,17,20H,9-11,19H2,1H3,(H,21,22). The first-order chi connectivity index (χ1) is 10.6. The number of aryl methyl sites for hydroxylation is 1. The minimum atomic E-state index is -0.628. The van der Waals surface area contributed by atoms with Crippen molar-refractivity contribution in [1.82, 2.24) is 10.6 Å². The van der Waals surface area contributed by atoms with E-state index >= 15 is 0 Å². The van der Waals surface area contributed by atoms with E-state index in [1.165, 1.54) is 11.1 Å². The summed E-state index contributed by atoms with van der Waals surface area (Å²) in [4.78, 5) is 12.2. The minimum absolute atomic E-state index is 0.150. The Morgan fingerprint density at radius 2 is 1.91 bits per heavy atom. The number of rotatable bonds is 4. The third kappa shape index (κ3) is 3.18. The summed E-state index contributed by atoms with van der Waals surface area (Å²) in [5, 5.41) is 6.24. The average molecular weight is 295 g/mol. The molecule has 0 aliphatic carbocycles. The summed E-state index contributed by atoms with van der Waals surface area (Å²) in [6.07, 6.45) is 0. The SMILES string of the molecule is Cc1ccc(C(N)C(=O)NCc2ccc3c(c2)CNC3)cc1. The summed E-state index contributed by atoms with van der Waals surface area (Å²) < 4.78 is 0. The van der Waals surface area contributed by atoms with Gasteiger partial charge in [0.2, 0.25) is 5.91 Å². The molecule has 4 heteroatoms. The molecule has 3 rings (SSSR count). The second kappa shape index (κ2) is 6.30. The van der Waals surface area contributed by atoms with Crippen LogP contribution in [0.4, 0.5) is 0 Å². The van der Waals surface area contributed by atoms with Crippen molar-refractivity contribution in [2.45, 2.75) is 32.6 Å². The van der Waals surface area contributed by atoms with Crippen molar-refractivity contribution >= 4 is 5.91 Å². The van der Waals surface area contributed by atoms with Crippen LogP contribution in [0.3, 0.4) is 0 Å². The Morgan fingerprint density at radius 1 is 1.18 bits per heavy atom. The Kier molecular flexibility index (Phi) is 4.22. The van der Waals surface area contributed by atoms with Gasteiger partial charge >= 0.3 is 0 Å². The molecule has 4 nitrogen and oxygen atoms in total. The Bertz CT molecular complexity index is 679. The van der Waals surface area contributed by atoms with Gasteiger partial charge in [0.15, 0.2) is 0 Å². The summed E-state index contributed by atoms with van der Waals surface area (Å²) in [6.45, 7) is 4.35. The average Bonchev–Trinajstić information content (AvgIpc) is 3.00. The summed E-state index contributed by atoms with van der Waals surface area (Å²) in [5.74, 6) is -0.150. The van der Waals surface area contributed by atoms with E-state index in [9.17, 15) is 4.79 Å². The minimum Gasteiger partial charge on any atom is -0.350 e. The lowest BCUT2D eigenvalue weighted by Crippen LogP contribution is -2.33. The van der Waals surface area contributed by atoms with Crippen LogP contribution < -0.4 is 16.4 Å². The quantitative estimate of drug-likeness (QED) is 0.807. The molecule has 1 aliphatic rings. The van der Waals surface area contributed by atoms with Gasteiger partial charge in [-0.1, -0.05) is 48.0 Å². The van der Waals surface area contributed by atoms with Crippen molar-refractivity contribution in [3.63, 3.8) is 0 Å². The Hall–Kier alpha value is -2.17. The lowest BCUT2D eigenvalue weighted by Gasteiger charge is -2.13. The van der Waals surface area contributed by atoms with Gasteiger partial charge in [0.25, 0.3) is 0 Å². The second-order valence-electron chi connectivity index (χ2n) is 5.81. The topological polar surface area (TPSA) is 67.2 Å². The van der Waals surface area contributed by atoms with Crippen molar-refractivity contribution in [3.8, 4) is 0 Å². The molecule has 0 aromatic heterocycles. The van der Waals surface area contributed by atoms with Gasteiger partial charge in [-0.05, 0) is 29.2 Å². The number of hydrogen-bond acceptors (Lipinski definition) is 3. The Balaban J connectivity index is 1.61. The van der Waals surface area contributed by atoms with Crippen LogP contribution in [-0.4, -0.2) is 5.91 Å². The van der Waals surface area contributed by atoms with E-state index in [0.717, 1.165) is 29.8 Å². The smallest absolute Gasteiger partial charge is 0.241 e. The molecule has 0 saturated heterocycles. The van der Waals surface area contributed by atoms with Crippen LogP contribution in [0.5, 0.6) is 0 Å². The van der Waals surface area contributed by atoms with E-state index in [1.54, 1.807) is 0 Å². The maximum atomic E-state index is 12.2. The molecule has 22 heavy (non-hydrogen) atoms. The Morgan fingerprint density at radius 3 is 2.68 bits per heavy atom. The zero-order valence-corrected chi connectivity index (χ0v) is 12.7. The molecule has 0 bridgehead atoms. The summed E-state index contributed by atoms with van der Waals surface area (Å²) in [6, 6.07) is 13.4. The molecule has 1 atom stereocenters. The first kappa shape index (κ1) is 14.8. The van der Waals surface area contributed by atoms with E-state index in [2.05, 4.69) is 28.8 Å². The highest BCUT2D eigenvalue weighted by molar-refractivity contribution is 5.82. The fourth-order valence-electron chi connectivity index (χ4n) is 2.68. The van der Waals surface area contributed by atoms with Crippen LogP contribution in [0.15, 0.2) is 42.5 Å². The Labute approximate surface area is 130 Å². The second-order valence-corrected chi connectivity index (χ2v) is 5.81. The first-order valence-electron chi connectivity index (χ1n) is 7.55. The van der Waals surface area contributed by atoms with Gasteiger partial charge in [0.05, 0.1) is 0 Å². The van der Waals surface area contributed by atoms with Crippen LogP contribution in [0.1, 0.15) is 33.9 Å². The number of carbonyl (C=O) groups is 1. The predicted molar refractivity (Wildman–Crippen MR) is 86.9 cm³/mol. The number of amides is 1. The van der Waals surface area contributed by atoms with Gasteiger partial charge < -0.3 is 16.4 Å². The number of fused-ring (bicyclic) bond motifs is 1. The van der Waals surface area contributed by atoms with Crippen LogP contribution >= 0.6 is 0 Å². The van der Waals surface area contributed by atoms with Crippen molar-refractivity contribution < 1.29 is 4.79 Å². The van der Waals surface area contributed by atoms with E-state index in [1.807, 2.05) is 31.2 Å². The molecule has 0 radical (unpaired) electrons. The highest BCUT2D eigenvalue weighted by Crippen LogP contribution is 2.17. The molecular formula is C18H21N3O. The number of nitrogens with two attached hydrogens (primary N) is 1. The summed E-state index contributed by atoms with van der Waals surface area (Å²) in [7, 11) is 0. The summed E-state index contributed by atoms with van der Waals surface area (Å²) >= 11 is 0. The van der Waals surface area contributed by atoms with Gasteiger partial charge in [-0.25, -0.2) is 0 Å². The van der Waals surface area contributed by atoms with Crippen molar-refractivity contribution in [1.29, 1.82) is 0 Å². The third-order valence-electron chi connectivity index (χ3n) is 4.09. The number of hydrogen-bond donors (Lipinski definition) is 3. The largest absolute Gasteiger partial charge is 0.350 e. The van der Waals surface area contributed by atoms with E-state index in [4.69, 9.17) is 5.73 Å². The van der Waals surface area contributed by atoms with Crippen molar-refractivity contribution in [3.05, 3.63) is 70.3 Å². The number of carbonyl (C=O) groups excluding carboxylic acids is 1. The molecular weight excluding hydrogens is 274 g/mol. The molecule has 1 heterocycles. The predicted octanol–water partition coefficient (Wildman–Crippen LogP) is 1.91. The molecule has 2 aromatic carbocycles. The van der Waals surface area contributed by atoms with Gasteiger partial charge in [-0.2, -0.15) is 0 Å². The maximum Gasteiger partial charge on any atom is 0.241 e. The maximum absolute atomic E-state index is 12.2. The van der Waals surface area contributed by atoms with Crippen molar-refractivity contribution in [2.75, 3.05) is 0 Å². The molecule has 2 aromatic rings. The highest BCUT2D eigenvalue weighted by atomic mass is 16.2. The molecule has 0 saturated carbocycles. The molecule has 114 valence electrons. The lowest BCUT2D eigenvalue weighted by atomic mass is 10.0. The summed E-state index contributed by atoms with van der Waals surface area (Å²) in [5.41, 5.74) is 11.8. The van der Waals surface area contributed by atoms with Crippen LogP contribution in [0, 0.1) is 6.92 Å². The lowest BCUT2D eigenvalue weighted by molar-refractivity contribution is -0.122. The monoisotopic (exact) mass is 295 g/mol. The van der Waals surface area contributed by atoms with Gasteiger partial charge in [0, 0.05) is 19.6 Å². The number of benzene rings is 2. The van der Waals surface area contributed by atoms with Crippen LogP contribution in [0.25, 0.3) is 0 Å². The van der Waals surface area contributed by atoms with Crippen molar-refractivity contribution in [2.24, 2.45) is 5.73 Å². The molecule has 4 N–H and O–H groups in total. The van der Waals surface area contributed by atoms with Gasteiger partial charge in [-0.3, -0.25) is 4.79 Å². The van der Waals surface area contributed by atoms with Gasteiger partial charge in [0.1, 0.15) is 6.04 Å². The van der Waals surface area contributed by atoms with E-state index in [-0.39, 0.29) is 5.91 Å². The fourth-order valence-corrected chi connectivity index (χ4v) is 2.68. The normalized spacial score (nSPS) is 14.5. The molecule has 1 amide bonds. The zero-order chi connectivity index (χ0) is 15.5. The third-order valence-corrected chi connectivity index (χ3v) is 4.09. The fraction of sp³-hybridized carbons (Fsp3) is 0.278. The number of nitrogens with one attached hydrogen (secondary N) is 2. The first-order valence-corrected chi connectivity index (χ1v) is 7.55. The van der Waals surface area contributed by atoms with E-state index < -0.39 is 6.04 Å². The van der Waals surface area contributed by atoms with Gasteiger partial charge in [-0.15, -0.1) is 0 Å². The molecule has 0 spiro atoms. The zero-order valence-electron chi connectivity index (χ0n) is 12.7. The molecule has 1 aliphatic heterocycles. The molecule has 0 fully saturated rings. The highest BCUT2D eigenvalue weighted by Gasteiger charge is 2.16. The van der Waals surface area contributed by atoms with Crippen LogP contribution in [0.2, 0.25) is 0 Å². The molecule has 1 unspecified atom stereocenters.